The molecule has 0 aliphatic heterocycles. The first-order valence-electron chi connectivity index (χ1n) is 5.58. The van der Waals surface area contributed by atoms with Gasteiger partial charge in [0.1, 0.15) is 5.82 Å². The second-order valence-corrected chi connectivity index (χ2v) is 4.23. The van der Waals surface area contributed by atoms with Gasteiger partial charge in [-0.05, 0) is 44.5 Å². The van der Waals surface area contributed by atoms with Crippen LogP contribution in [-0.4, -0.2) is 16.1 Å². The molecule has 1 heterocycles. The second-order valence-electron chi connectivity index (χ2n) is 4.23. The van der Waals surface area contributed by atoms with Gasteiger partial charge in [0.25, 0.3) is 5.91 Å². The Morgan fingerprint density at radius 1 is 1.33 bits per heavy atom. The van der Waals surface area contributed by atoms with E-state index in [-0.39, 0.29) is 11.7 Å². The van der Waals surface area contributed by atoms with Crippen LogP contribution in [-0.2, 0) is 0 Å². The number of nitrogens with zero attached hydrogens (tertiary/aromatic N) is 1. The Hall–Kier alpha value is -2.17. The average molecular weight is 247 g/mol. The molecular weight excluding hydrogens is 233 g/mol. The Morgan fingerprint density at radius 2 is 2.06 bits per heavy atom. The summed E-state index contributed by atoms with van der Waals surface area (Å²) in [6, 6.07) is 4.27. The van der Waals surface area contributed by atoms with Crippen LogP contribution >= 0.6 is 0 Å². The minimum Gasteiger partial charge on any atom is -0.319 e. The van der Waals surface area contributed by atoms with Crippen molar-refractivity contribution in [3.8, 4) is 0 Å². The number of halogens is 1. The summed E-state index contributed by atoms with van der Waals surface area (Å²) in [7, 11) is 0. The fourth-order valence-electron chi connectivity index (χ4n) is 1.71. The molecule has 0 fully saturated rings. The molecule has 0 bridgehead atoms. The molecule has 4 nitrogen and oxygen atoms in total. The summed E-state index contributed by atoms with van der Waals surface area (Å²) in [5.74, 6) is -0.590. The Balaban J connectivity index is 2.25. The van der Waals surface area contributed by atoms with Gasteiger partial charge in [-0.25, -0.2) is 4.39 Å². The number of carbonyl (C=O) groups excluding carboxylic acids is 1. The minimum atomic E-state index is -0.317. The summed E-state index contributed by atoms with van der Waals surface area (Å²) in [5, 5.41) is 9.55. The number of amides is 1. The number of benzene rings is 1. The number of hydrogen-bond donors (Lipinski definition) is 2. The van der Waals surface area contributed by atoms with Gasteiger partial charge in [0, 0.05) is 5.56 Å². The maximum absolute atomic E-state index is 13.1. The van der Waals surface area contributed by atoms with Gasteiger partial charge in [-0.15, -0.1) is 0 Å². The lowest BCUT2D eigenvalue weighted by atomic mass is 10.1. The maximum Gasteiger partial charge on any atom is 0.255 e. The van der Waals surface area contributed by atoms with E-state index in [0.29, 0.717) is 16.8 Å². The molecule has 0 unspecified atom stereocenters. The number of hydrogen-bond acceptors (Lipinski definition) is 2. The predicted molar refractivity (Wildman–Crippen MR) is 67.2 cm³/mol. The van der Waals surface area contributed by atoms with E-state index in [2.05, 4.69) is 15.5 Å². The third kappa shape index (κ3) is 2.25. The molecule has 1 amide bonds. The van der Waals surface area contributed by atoms with Crippen molar-refractivity contribution in [3.63, 3.8) is 0 Å². The van der Waals surface area contributed by atoms with Crippen molar-refractivity contribution in [2.45, 2.75) is 20.8 Å². The largest absolute Gasteiger partial charge is 0.319 e. The molecule has 2 rings (SSSR count). The third-order valence-corrected chi connectivity index (χ3v) is 2.79. The van der Waals surface area contributed by atoms with E-state index < -0.39 is 0 Å². The first-order valence-corrected chi connectivity index (χ1v) is 5.58. The Bertz CT molecular complexity index is 585. The summed E-state index contributed by atoms with van der Waals surface area (Å²) in [5.41, 5.74) is 3.05. The zero-order valence-electron chi connectivity index (χ0n) is 10.5. The first-order chi connectivity index (χ1) is 8.49. The lowest BCUT2D eigenvalue weighted by molar-refractivity contribution is 0.102. The SMILES string of the molecule is Cc1cc(C(=O)Nc2c(C)n[nH]c2C)ccc1F. The van der Waals surface area contributed by atoms with E-state index in [1.807, 2.05) is 6.92 Å². The molecule has 0 radical (unpaired) electrons. The van der Waals surface area contributed by atoms with Gasteiger partial charge in [0.15, 0.2) is 0 Å². The van der Waals surface area contributed by atoms with Crippen molar-refractivity contribution in [3.05, 3.63) is 46.5 Å². The molecule has 94 valence electrons. The Labute approximate surface area is 104 Å². The zero-order valence-corrected chi connectivity index (χ0v) is 10.5. The van der Waals surface area contributed by atoms with Crippen LogP contribution in [0.25, 0.3) is 0 Å². The molecule has 0 atom stereocenters. The van der Waals surface area contributed by atoms with Crippen molar-refractivity contribution in [1.29, 1.82) is 0 Å². The van der Waals surface area contributed by atoms with E-state index in [1.54, 1.807) is 13.8 Å². The fraction of sp³-hybridized carbons (Fsp3) is 0.231. The van der Waals surface area contributed by atoms with Crippen molar-refractivity contribution >= 4 is 11.6 Å². The van der Waals surface area contributed by atoms with Gasteiger partial charge in [0.05, 0.1) is 17.1 Å². The number of carbonyl (C=O) groups is 1. The van der Waals surface area contributed by atoms with Crippen LogP contribution in [0.1, 0.15) is 27.3 Å². The number of H-pyrrole nitrogens is 1. The van der Waals surface area contributed by atoms with Crippen molar-refractivity contribution < 1.29 is 9.18 Å². The quantitative estimate of drug-likeness (QED) is 0.857. The lowest BCUT2D eigenvalue weighted by Crippen LogP contribution is -2.13. The summed E-state index contributed by atoms with van der Waals surface area (Å²) in [6.07, 6.45) is 0. The first kappa shape index (κ1) is 12.3. The van der Waals surface area contributed by atoms with Crippen LogP contribution in [0.15, 0.2) is 18.2 Å². The fourth-order valence-corrected chi connectivity index (χ4v) is 1.71. The monoisotopic (exact) mass is 247 g/mol. The highest BCUT2D eigenvalue weighted by Crippen LogP contribution is 2.18. The summed E-state index contributed by atoms with van der Waals surface area (Å²) < 4.78 is 13.1. The summed E-state index contributed by atoms with van der Waals surface area (Å²) >= 11 is 0. The van der Waals surface area contributed by atoms with Crippen LogP contribution in [0.3, 0.4) is 0 Å². The number of nitrogens with one attached hydrogen (secondary N) is 2. The number of rotatable bonds is 2. The molecular formula is C13H14FN3O. The number of aromatic nitrogens is 2. The molecule has 1 aromatic heterocycles. The van der Waals surface area contributed by atoms with Gasteiger partial charge < -0.3 is 5.32 Å². The smallest absolute Gasteiger partial charge is 0.255 e. The van der Waals surface area contributed by atoms with Gasteiger partial charge in [0.2, 0.25) is 0 Å². The van der Waals surface area contributed by atoms with Crippen LogP contribution in [0.2, 0.25) is 0 Å². The maximum atomic E-state index is 13.1. The van der Waals surface area contributed by atoms with E-state index in [9.17, 15) is 9.18 Å². The normalized spacial score (nSPS) is 10.4. The molecule has 2 aromatic rings. The highest BCUT2D eigenvalue weighted by Gasteiger charge is 2.12. The molecule has 0 spiro atoms. The van der Waals surface area contributed by atoms with Gasteiger partial charge in [-0.2, -0.15) is 5.10 Å². The molecule has 2 N–H and O–H groups in total. The molecule has 0 aliphatic carbocycles. The molecule has 0 saturated heterocycles. The van der Waals surface area contributed by atoms with Gasteiger partial charge in [-0.1, -0.05) is 0 Å². The summed E-state index contributed by atoms with van der Waals surface area (Å²) in [4.78, 5) is 12.0. The molecule has 1 aromatic carbocycles. The zero-order chi connectivity index (χ0) is 13.3. The van der Waals surface area contributed by atoms with Crippen molar-refractivity contribution in [1.82, 2.24) is 10.2 Å². The average Bonchev–Trinajstić information content (AvgIpc) is 2.64. The van der Waals surface area contributed by atoms with Gasteiger partial charge in [-0.3, -0.25) is 9.89 Å². The number of anilines is 1. The minimum absolute atomic E-state index is 0.272. The second kappa shape index (κ2) is 4.60. The topological polar surface area (TPSA) is 57.8 Å². The van der Waals surface area contributed by atoms with E-state index >= 15 is 0 Å². The van der Waals surface area contributed by atoms with E-state index in [1.165, 1.54) is 18.2 Å². The van der Waals surface area contributed by atoms with Gasteiger partial charge >= 0.3 is 0 Å². The standard InChI is InChI=1S/C13H14FN3O/c1-7-6-10(4-5-11(7)14)13(18)15-12-8(2)16-17-9(12)3/h4-6H,1-3H3,(H,15,18)(H,16,17). The van der Waals surface area contributed by atoms with Crippen LogP contribution < -0.4 is 5.32 Å². The molecule has 0 aliphatic rings. The van der Waals surface area contributed by atoms with E-state index in [0.717, 1.165) is 11.4 Å². The van der Waals surface area contributed by atoms with E-state index in [4.69, 9.17) is 0 Å². The van der Waals surface area contributed by atoms with Crippen LogP contribution in [0, 0.1) is 26.6 Å². The lowest BCUT2D eigenvalue weighted by Gasteiger charge is -2.06. The third-order valence-electron chi connectivity index (χ3n) is 2.79. The van der Waals surface area contributed by atoms with Crippen LogP contribution in [0.5, 0.6) is 0 Å². The Kier molecular flexibility index (Phi) is 3.14. The molecule has 5 heteroatoms. The highest BCUT2D eigenvalue weighted by atomic mass is 19.1. The Morgan fingerprint density at radius 3 is 2.61 bits per heavy atom. The van der Waals surface area contributed by atoms with Crippen molar-refractivity contribution in [2.24, 2.45) is 0 Å². The summed E-state index contributed by atoms with van der Waals surface area (Å²) in [6.45, 7) is 5.25. The molecule has 18 heavy (non-hydrogen) atoms. The predicted octanol–water partition coefficient (Wildman–Crippen LogP) is 2.73. The molecule has 0 saturated carbocycles. The number of aryl methyl sites for hydroxylation is 3. The highest BCUT2D eigenvalue weighted by molar-refractivity contribution is 6.04. The van der Waals surface area contributed by atoms with Crippen molar-refractivity contribution in [2.75, 3.05) is 5.32 Å². The number of aromatic amines is 1. The van der Waals surface area contributed by atoms with Crippen LogP contribution in [0.4, 0.5) is 10.1 Å².